The zero-order valence-corrected chi connectivity index (χ0v) is 11.1. The molecule has 2 aromatic carbocycles. The SMILES string of the molecule is Cc1ccc2c(c1)C(N)CC(c1c(F)cccc1F)O2. The van der Waals surface area contributed by atoms with E-state index >= 15 is 0 Å². The zero-order chi connectivity index (χ0) is 14.3. The van der Waals surface area contributed by atoms with Crippen LogP contribution in [0.2, 0.25) is 0 Å². The van der Waals surface area contributed by atoms with Crippen LogP contribution in [0.15, 0.2) is 36.4 Å². The highest BCUT2D eigenvalue weighted by molar-refractivity contribution is 5.42. The van der Waals surface area contributed by atoms with Gasteiger partial charge in [0.05, 0.1) is 5.56 Å². The average Bonchev–Trinajstić information content (AvgIpc) is 2.39. The molecule has 2 aromatic rings. The molecule has 0 saturated heterocycles. The minimum Gasteiger partial charge on any atom is -0.485 e. The first-order valence-corrected chi connectivity index (χ1v) is 6.53. The smallest absolute Gasteiger partial charge is 0.133 e. The normalized spacial score (nSPS) is 21.2. The Morgan fingerprint density at radius 3 is 2.55 bits per heavy atom. The van der Waals surface area contributed by atoms with Crippen LogP contribution in [0, 0.1) is 18.6 Å². The fourth-order valence-corrected chi connectivity index (χ4v) is 2.62. The van der Waals surface area contributed by atoms with Crippen molar-refractivity contribution < 1.29 is 13.5 Å². The van der Waals surface area contributed by atoms with Gasteiger partial charge >= 0.3 is 0 Å². The number of benzene rings is 2. The minimum atomic E-state index is -0.693. The number of fused-ring (bicyclic) bond motifs is 1. The molecule has 1 aliphatic rings. The second-order valence-corrected chi connectivity index (χ2v) is 5.13. The number of nitrogens with two attached hydrogens (primary N) is 1. The summed E-state index contributed by atoms with van der Waals surface area (Å²) in [5.41, 5.74) is 8.04. The summed E-state index contributed by atoms with van der Waals surface area (Å²) in [6, 6.07) is 9.17. The van der Waals surface area contributed by atoms with Crippen LogP contribution in [0.4, 0.5) is 8.78 Å². The van der Waals surface area contributed by atoms with E-state index in [0.29, 0.717) is 12.2 Å². The van der Waals surface area contributed by atoms with Crippen molar-refractivity contribution in [2.24, 2.45) is 5.73 Å². The van der Waals surface area contributed by atoms with E-state index in [9.17, 15) is 8.78 Å². The van der Waals surface area contributed by atoms with Crippen LogP contribution in [-0.4, -0.2) is 0 Å². The lowest BCUT2D eigenvalue weighted by atomic mass is 9.92. The molecule has 2 atom stereocenters. The third-order valence-corrected chi connectivity index (χ3v) is 3.62. The maximum absolute atomic E-state index is 13.8. The van der Waals surface area contributed by atoms with Gasteiger partial charge in [-0.05, 0) is 25.1 Å². The van der Waals surface area contributed by atoms with Crippen LogP contribution in [0.3, 0.4) is 0 Å². The van der Waals surface area contributed by atoms with E-state index in [4.69, 9.17) is 10.5 Å². The van der Waals surface area contributed by atoms with Crippen LogP contribution in [-0.2, 0) is 0 Å². The molecule has 0 aromatic heterocycles. The second kappa shape index (κ2) is 4.87. The van der Waals surface area contributed by atoms with E-state index < -0.39 is 17.7 Å². The van der Waals surface area contributed by atoms with Gasteiger partial charge in [0.2, 0.25) is 0 Å². The molecule has 0 aliphatic carbocycles. The molecule has 3 rings (SSSR count). The van der Waals surface area contributed by atoms with Crippen molar-refractivity contribution in [2.75, 3.05) is 0 Å². The molecule has 0 saturated carbocycles. The first-order valence-electron chi connectivity index (χ1n) is 6.53. The predicted molar refractivity (Wildman–Crippen MR) is 72.5 cm³/mol. The Labute approximate surface area is 116 Å². The molecule has 0 fully saturated rings. The summed E-state index contributed by atoms with van der Waals surface area (Å²) in [5, 5.41) is 0. The Morgan fingerprint density at radius 2 is 1.85 bits per heavy atom. The van der Waals surface area contributed by atoms with E-state index in [1.54, 1.807) is 6.07 Å². The Bertz CT molecular complexity index is 637. The fourth-order valence-electron chi connectivity index (χ4n) is 2.62. The summed E-state index contributed by atoms with van der Waals surface area (Å²) < 4.78 is 33.4. The largest absolute Gasteiger partial charge is 0.485 e. The first-order chi connectivity index (χ1) is 9.56. The Balaban J connectivity index is 2.01. The Kier molecular flexibility index (Phi) is 3.18. The third kappa shape index (κ3) is 2.16. The summed E-state index contributed by atoms with van der Waals surface area (Å²) in [6.45, 7) is 1.97. The van der Waals surface area contributed by atoms with Gasteiger partial charge in [0.25, 0.3) is 0 Å². The van der Waals surface area contributed by atoms with Gasteiger partial charge in [-0.3, -0.25) is 0 Å². The van der Waals surface area contributed by atoms with Crippen LogP contribution < -0.4 is 10.5 Å². The van der Waals surface area contributed by atoms with E-state index in [0.717, 1.165) is 11.1 Å². The van der Waals surface area contributed by atoms with Crippen LogP contribution in [0.1, 0.15) is 35.3 Å². The van der Waals surface area contributed by atoms with Crippen LogP contribution >= 0.6 is 0 Å². The molecule has 0 spiro atoms. The number of halogens is 2. The highest BCUT2D eigenvalue weighted by Gasteiger charge is 2.30. The molecular weight excluding hydrogens is 260 g/mol. The van der Waals surface area contributed by atoms with Gasteiger partial charge in [-0.2, -0.15) is 0 Å². The summed E-state index contributed by atoms with van der Waals surface area (Å²) in [5.74, 6) is -0.600. The standard InChI is InChI=1S/C16H15F2NO/c1-9-5-6-14-10(7-9)13(19)8-15(20-14)16-11(17)3-2-4-12(16)18/h2-7,13,15H,8,19H2,1H3. The molecule has 4 heteroatoms. The zero-order valence-electron chi connectivity index (χ0n) is 11.1. The van der Waals surface area contributed by atoms with Gasteiger partial charge in [0, 0.05) is 18.0 Å². The highest BCUT2D eigenvalue weighted by Crippen LogP contribution is 2.41. The molecular formula is C16H15F2NO. The molecule has 20 heavy (non-hydrogen) atoms. The Hall–Kier alpha value is -1.94. The van der Waals surface area contributed by atoms with Gasteiger partial charge in [-0.1, -0.05) is 23.8 Å². The summed E-state index contributed by atoms with van der Waals surface area (Å²) in [6.07, 6.45) is -0.338. The molecule has 2 unspecified atom stereocenters. The molecule has 0 radical (unpaired) electrons. The summed E-state index contributed by atoms with van der Waals surface area (Å²) >= 11 is 0. The van der Waals surface area contributed by atoms with Crippen molar-refractivity contribution in [3.05, 3.63) is 64.7 Å². The van der Waals surface area contributed by atoms with Crippen molar-refractivity contribution in [2.45, 2.75) is 25.5 Å². The molecule has 2 N–H and O–H groups in total. The van der Waals surface area contributed by atoms with Crippen LogP contribution in [0.25, 0.3) is 0 Å². The van der Waals surface area contributed by atoms with E-state index in [-0.39, 0.29) is 11.6 Å². The molecule has 2 nitrogen and oxygen atoms in total. The molecule has 1 aliphatic heterocycles. The van der Waals surface area contributed by atoms with Crippen molar-refractivity contribution in [1.29, 1.82) is 0 Å². The predicted octanol–water partition coefficient (Wildman–Crippen LogP) is 3.80. The van der Waals surface area contributed by atoms with Gasteiger partial charge in [0.1, 0.15) is 23.5 Å². The summed E-state index contributed by atoms with van der Waals surface area (Å²) in [7, 11) is 0. The van der Waals surface area contributed by atoms with Crippen LogP contribution in [0.5, 0.6) is 5.75 Å². The van der Waals surface area contributed by atoms with Gasteiger partial charge in [-0.15, -0.1) is 0 Å². The third-order valence-electron chi connectivity index (χ3n) is 3.62. The maximum Gasteiger partial charge on any atom is 0.133 e. The van der Waals surface area contributed by atoms with Crippen molar-refractivity contribution in [1.82, 2.24) is 0 Å². The lowest BCUT2D eigenvalue weighted by Crippen LogP contribution is -2.25. The second-order valence-electron chi connectivity index (χ2n) is 5.13. The fraction of sp³-hybridized carbons (Fsp3) is 0.250. The monoisotopic (exact) mass is 275 g/mol. The molecule has 104 valence electrons. The molecule has 0 amide bonds. The average molecular weight is 275 g/mol. The number of aryl methyl sites for hydroxylation is 1. The van der Waals surface area contributed by atoms with Crippen molar-refractivity contribution in [3.8, 4) is 5.75 Å². The topological polar surface area (TPSA) is 35.2 Å². The summed E-state index contributed by atoms with van der Waals surface area (Å²) in [4.78, 5) is 0. The number of rotatable bonds is 1. The van der Waals surface area contributed by atoms with E-state index in [1.165, 1.54) is 18.2 Å². The van der Waals surface area contributed by atoms with Gasteiger partial charge in [0.15, 0.2) is 0 Å². The van der Waals surface area contributed by atoms with Gasteiger partial charge < -0.3 is 10.5 Å². The quantitative estimate of drug-likeness (QED) is 0.859. The minimum absolute atomic E-state index is 0.0471. The molecule has 0 bridgehead atoms. The highest BCUT2D eigenvalue weighted by atomic mass is 19.1. The molecule has 1 heterocycles. The Morgan fingerprint density at radius 1 is 1.15 bits per heavy atom. The van der Waals surface area contributed by atoms with Crippen molar-refractivity contribution >= 4 is 0 Å². The lowest BCUT2D eigenvalue weighted by molar-refractivity contribution is 0.153. The van der Waals surface area contributed by atoms with Crippen molar-refractivity contribution in [3.63, 3.8) is 0 Å². The number of hydrogen-bond acceptors (Lipinski definition) is 2. The van der Waals surface area contributed by atoms with Gasteiger partial charge in [-0.25, -0.2) is 8.78 Å². The number of hydrogen-bond donors (Lipinski definition) is 1. The number of ether oxygens (including phenoxy) is 1. The first kappa shape index (κ1) is 13.1. The lowest BCUT2D eigenvalue weighted by Gasteiger charge is -2.31. The van der Waals surface area contributed by atoms with E-state index in [1.807, 2.05) is 19.1 Å². The maximum atomic E-state index is 13.8. The van der Waals surface area contributed by atoms with E-state index in [2.05, 4.69) is 0 Å².